The molecule has 1 atom stereocenters. The van der Waals surface area contributed by atoms with E-state index in [1.54, 1.807) is 13.0 Å². The smallest absolute Gasteiger partial charge is 0.303 e. The van der Waals surface area contributed by atoms with E-state index in [1.807, 2.05) is 39.0 Å². The van der Waals surface area contributed by atoms with Gasteiger partial charge >= 0.3 is 11.9 Å². The number of rotatable bonds is 11. The predicted molar refractivity (Wildman–Crippen MR) is 164 cm³/mol. The molecule has 0 aliphatic carbocycles. The number of carbonyl (C=O) groups is 4. The number of aromatic amines is 2. The maximum absolute atomic E-state index is 12.3. The quantitative estimate of drug-likeness (QED) is 0.238. The Bertz CT molecular complexity index is 1790. The molecule has 2 aromatic heterocycles. The number of H-pyrrole nitrogens is 2. The van der Waals surface area contributed by atoms with Gasteiger partial charge in [0.05, 0.1) is 11.7 Å². The molecule has 0 saturated carbocycles. The molecule has 10 nitrogen and oxygen atoms in total. The molecule has 2 amide bonds. The predicted octanol–water partition coefficient (Wildman–Crippen LogP) is 2.58. The number of carboxylic acids is 2. The summed E-state index contributed by atoms with van der Waals surface area (Å²) in [5.74, 6) is -2.27. The molecule has 4 heterocycles. The maximum atomic E-state index is 12.3. The van der Waals surface area contributed by atoms with Gasteiger partial charge in [0.1, 0.15) is 0 Å². The van der Waals surface area contributed by atoms with E-state index in [1.165, 1.54) is 6.08 Å². The highest BCUT2D eigenvalue weighted by Gasteiger charge is 2.26. The summed E-state index contributed by atoms with van der Waals surface area (Å²) in [7, 11) is 0. The van der Waals surface area contributed by atoms with Crippen LogP contribution in [0.1, 0.15) is 60.3 Å². The van der Waals surface area contributed by atoms with Crippen molar-refractivity contribution in [1.29, 1.82) is 0 Å². The Morgan fingerprint density at radius 3 is 2.00 bits per heavy atom. The number of carbonyl (C=O) groups excluding carboxylic acids is 2. The molecule has 0 fully saturated rings. The number of hydrogen-bond acceptors (Lipinski definition) is 4. The largest absolute Gasteiger partial charge is 0.481 e. The van der Waals surface area contributed by atoms with Crippen LogP contribution in [0.25, 0.3) is 18.2 Å². The summed E-state index contributed by atoms with van der Waals surface area (Å²) in [5, 5.41) is 26.0. The first-order valence-electron chi connectivity index (χ1n) is 13.9. The SMILES string of the molecule is C=CC1=C(C)C(/C=c2/[nH]/c(=C\c3[nH]c(/C=C4\NC(=O)C(C)=C4C=C)c(C)c3CCC(=O)O)c(CCC(=O)O)c2C)NC1=O. The van der Waals surface area contributed by atoms with E-state index in [2.05, 4.69) is 33.8 Å². The Morgan fingerprint density at radius 2 is 1.42 bits per heavy atom. The first kappa shape index (κ1) is 30.8. The molecule has 6 N–H and O–H groups in total. The van der Waals surface area contributed by atoms with Crippen molar-refractivity contribution >= 4 is 42.0 Å². The molecule has 43 heavy (non-hydrogen) atoms. The van der Waals surface area contributed by atoms with E-state index < -0.39 is 11.9 Å². The maximum Gasteiger partial charge on any atom is 0.303 e. The second-order valence-electron chi connectivity index (χ2n) is 10.7. The third kappa shape index (κ3) is 6.23. The third-order valence-electron chi connectivity index (χ3n) is 8.10. The number of aromatic nitrogens is 2. The first-order valence-corrected chi connectivity index (χ1v) is 13.9. The van der Waals surface area contributed by atoms with Gasteiger partial charge < -0.3 is 30.8 Å². The lowest BCUT2D eigenvalue weighted by molar-refractivity contribution is -0.138. The molecule has 4 rings (SSSR count). The summed E-state index contributed by atoms with van der Waals surface area (Å²) >= 11 is 0. The molecule has 10 heteroatoms. The average Bonchev–Trinajstić information content (AvgIpc) is 3.59. The van der Waals surface area contributed by atoms with Gasteiger partial charge in [0.25, 0.3) is 11.8 Å². The standard InChI is InChI=1S/C33H36N4O6/c1-7-20-19(6)32(42)37-27(20)14-25-18(5)23(10-12-31(40)41)29(35-25)15-28-22(9-11-30(38)39)17(4)24(34-28)13-26-16(3)21(8-2)33(43)36-26/h7-8,13-15,26,34-35H,1-2,9-12H2,3-6H3,(H,36,43)(H,37,42)(H,38,39)(H,40,41)/b24-13+,27-14-,28-15-. The van der Waals surface area contributed by atoms with Crippen LogP contribution in [0.15, 0.2) is 53.3 Å². The van der Waals surface area contributed by atoms with Crippen LogP contribution in [0.5, 0.6) is 0 Å². The van der Waals surface area contributed by atoms with E-state index in [-0.39, 0.29) is 43.5 Å². The van der Waals surface area contributed by atoms with E-state index in [0.29, 0.717) is 39.2 Å². The van der Waals surface area contributed by atoms with Crippen LogP contribution in [0, 0.1) is 13.8 Å². The van der Waals surface area contributed by atoms with Gasteiger partial charge in [0.15, 0.2) is 0 Å². The normalized spacial score (nSPS) is 18.6. The lowest BCUT2D eigenvalue weighted by Crippen LogP contribution is -2.29. The Balaban J connectivity index is 1.90. The van der Waals surface area contributed by atoms with Gasteiger partial charge in [-0.15, -0.1) is 0 Å². The second-order valence-corrected chi connectivity index (χ2v) is 10.7. The lowest BCUT2D eigenvalue weighted by atomic mass is 10.0. The van der Waals surface area contributed by atoms with Crippen LogP contribution in [0.2, 0.25) is 0 Å². The van der Waals surface area contributed by atoms with Crippen LogP contribution < -0.4 is 21.3 Å². The summed E-state index contributed by atoms with van der Waals surface area (Å²) in [6.07, 6.45) is 9.07. The zero-order chi connectivity index (χ0) is 31.6. The summed E-state index contributed by atoms with van der Waals surface area (Å²) in [4.78, 5) is 54.4. The highest BCUT2D eigenvalue weighted by molar-refractivity contribution is 6.02. The second kappa shape index (κ2) is 12.4. The zero-order valence-electron chi connectivity index (χ0n) is 24.7. The molecule has 224 valence electrons. The molecule has 0 aromatic carbocycles. The molecule has 0 saturated heterocycles. The number of aliphatic carboxylic acids is 2. The fourth-order valence-corrected chi connectivity index (χ4v) is 5.56. The van der Waals surface area contributed by atoms with Gasteiger partial charge in [0, 0.05) is 51.6 Å². The van der Waals surface area contributed by atoms with Crippen LogP contribution in [0.4, 0.5) is 0 Å². The molecule has 2 aliphatic heterocycles. The number of amides is 2. The van der Waals surface area contributed by atoms with Gasteiger partial charge in [0.2, 0.25) is 0 Å². The van der Waals surface area contributed by atoms with Gasteiger partial charge in [-0.1, -0.05) is 25.3 Å². The van der Waals surface area contributed by atoms with Gasteiger partial charge in [-0.2, -0.15) is 0 Å². The van der Waals surface area contributed by atoms with Crippen molar-refractivity contribution < 1.29 is 29.4 Å². The van der Waals surface area contributed by atoms with Crippen LogP contribution in [-0.2, 0) is 32.0 Å². The highest BCUT2D eigenvalue weighted by Crippen LogP contribution is 2.27. The van der Waals surface area contributed by atoms with Crippen molar-refractivity contribution in [3.63, 3.8) is 0 Å². The van der Waals surface area contributed by atoms with Crippen molar-refractivity contribution in [3.05, 3.63) is 97.6 Å². The average molecular weight is 585 g/mol. The van der Waals surface area contributed by atoms with E-state index in [0.717, 1.165) is 33.2 Å². The van der Waals surface area contributed by atoms with Crippen LogP contribution >= 0.6 is 0 Å². The monoisotopic (exact) mass is 584 g/mol. The molecular weight excluding hydrogens is 548 g/mol. The molecule has 0 radical (unpaired) electrons. The topological polar surface area (TPSA) is 164 Å². The minimum absolute atomic E-state index is 0.0820. The van der Waals surface area contributed by atoms with E-state index in [9.17, 15) is 29.4 Å². The summed E-state index contributed by atoms with van der Waals surface area (Å²) < 4.78 is 0. The highest BCUT2D eigenvalue weighted by atomic mass is 16.4. The molecular formula is C33H36N4O6. The van der Waals surface area contributed by atoms with Crippen molar-refractivity contribution in [3.8, 4) is 0 Å². The minimum Gasteiger partial charge on any atom is -0.481 e. The summed E-state index contributed by atoms with van der Waals surface area (Å²) in [6.45, 7) is 14.9. The van der Waals surface area contributed by atoms with Crippen molar-refractivity contribution in [2.45, 2.75) is 59.4 Å². The molecule has 0 spiro atoms. The number of hydrogen-bond donors (Lipinski definition) is 6. The summed E-state index contributed by atoms with van der Waals surface area (Å²) in [5.41, 5.74) is 7.84. The minimum atomic E-state index is -0.933. The van der Waals surface area contributed by atoms with E-state index in [4.69, 9.17) is 0 Å². The van der Waals surface area contributed by atoms with Crippen LogP contribution in [0.3, 0.4) is 0 Å². The first-order chi connectivity index (χ1) is 20.4. The zero-order valence-corrected chi connectivity index (χ0v) is 24.7. The fourth-order valence-electron chi connectivity index (χ4n) is 5.56. The molecule has 2 aromatic rings. The van der Waals surface area contributed by atoms with E-state index >= 15 is 0 Å². The lowest BCUT2D eigenvalue weighted by Gasteiger charge is -2.06. The Labute approximate surface area is 249 Å². The Hall–Kier alpha value is -5.12. The Morgan fingerprint density at radius 1 is 0.791 bits per heavy atom. The van der Waals surface area contributed by atoms with Crippen molar-refractivity contribution in [1.82, 2.24) is 20.6 Å². The number of nitrogens with one attached hydrogen (secondary N) is 4. The molecule has 0 bridgehead atoms. The number of allylic oxidation sites excluding steroid dienone is 1. The van der Waals surface area contributed by atoms with Gasteiger partial charge in [-0.25, -0.2) is 0 Å². The van der Waals surface area contributed by atoms with Crippen LogP contribution in [-0.4, -0.2) is 50.0 Å². The third-order valence-corrected chi connectivity index (χ3v) is 8.10. The number of carboxylic acid groups (broad SMARTS) is 2. The Kier molecular flexibility index (Phi) is 8.89. The molecule has 2 aliphatic rings. The summed E-state index contributed by atoms with van der Waals surface area (Å²) in [6, 6.07) is -0.354. The van der Waals surface area contributed by atoms with Crippen molar-refractivity contribution in [2.75, 3.05) is 0 Å². The van der Waals surface area contributed by atoms with Gasteiger partial charge in [-0.05, 0) is 86.6 Å². The van der Waals surface area contributed by atoms with Crippen molar-refractivity contribution in [2.24, 2.45) is 0 Å². The van der Waals surface area contributed by atoms with Gasteiger partial charge in [-0.3, -0.25) is 19.2 Å². The molecule has 1 unspecified atom stereocenters. The fraction of sp³-hybridized carbons (Fsp3) is 0.273.